The highest BCUT2D eigenvalue weighted by molar-refractivity contribution is 6.74. The van der Waals surface area contributed by atoms with Gasteiger partial charge in [0.05, 0.1) is 6.61 Å². The molecule has 0 aromatic heterocycles. The summed E-state index contributed by atoms with van der Waals surface area (Å²) in [7, 11) is -0.00488. The Morgan fingerprint density at radius 2 is 1.45 bits per heavy atom. The predicted octanol–water partition coefficient (Wildman–Crippen LogP) is 2.96. The summed E-state index contributed by atoms with van der Waals surface area (Å²) in [5.41, 5.74) is 0.970. The fourth-order valence-corrected chi connectivity index (χ4v) is 5.54. The quantitative estimate of drug-likeness (QED) is 0.351. The number of rotatable bonds is 10. The monoisotopic (exact) mass is 322 g/mol. The summed E-state index contributed by atoms with van der Waals surface area (Å²) in [6.07, 6.45) is 0.985. The van der Waals surface area contributed by atoms with Gasteiger partial charge in [0.25, 0.3) is 0 Å². The van der Waals surface area contributed by atoms with E-state index in [1.807, 2.05) is 6.92 Å². The van der Waals surface area contributed by atoms with Crippen LogP contribution in [0.25, 0.3) is 0 Å². The van der Waals surface area contributed by atoms with Crippen LogP contribution in [0, 0.1) is 0 Å². The van der Waals surface area contributed by atoms with Crippen molar-refractivity contribution < 1.29 is 22.4 Å². The summed E-state index contributed by atoms with van der Waals surface area (Å²) in [5.74, 6) is 0. The zero-order valence-corrected chi connectivity index (χ0v) is 16.2. The van der Waals surface area contributed by atoms with Crippen LogP contribution in [0.4, 0.5) is 0 Å². The lowest BCUT2D eigenvalue weighted by Crippen LogP contribution is -2.49. The highest BCUT2D eigenvalue weighted by Crippen LogP contribution is 2.26. The molecular weight excluding hydrogens is 292 g/mol. The molecule has 20 heavy (non-hydrogen) atoms. The van der Waals surface area contributed by atoms with Gasteiger partial charge in [-0.1, -0.05) is 6.92 Å². The highest BCUT2D eigenvalue weighted by atomic mass is 28.4. The Morgan fingerprint density at radius 3 is 1.80 bits per heavy atom. The van der Waals surface area contributed by atoms with Crippen LogP contribution in [0.1, 0.15) is 20.3 Å². The van der Waals surface area contributed by atoms with Gasteiger partial charge >= 0.3 is 8.80 Å². The molecule has 0 heterocycles. The van der Waals surface area contributed by atoms with Crippen molar-refractivity contribution in [2.75, 3.05) is 34.5 Å². The largest absolute Gasteiger partial charge is 0.571 e. The van der Waals surface area contributed by atoms with Crippen LogP contribution in [0.15, 0.2) is 11.0 Å². The smallest absolute Gasteiger partial charge is 0.545 e. The molecule has 0 saturated carbocycles. The molecular formula is C13H30O5Si2. The van der Waals surface area contributed by atoms with Crippen molar-refractivity contribution in [3.8, 4) is 0 Å². The van der Waals surface area contributed by atoms with Crippen molar-refractivity contribution in [2.45, 2.75) is 39.9 Å². The van der Waals surface area contributed by atoms with Gasteiger partial charge in [-0.15, -0.1) is 0 Å². The third-order valence-corrected chi connectivity index (χ3v) is 6.27. The predicted molar refractivity (Wildman–Crippen MR) is 85.0 cm³/mol. The zero-order chi connectivity index (χ0) is 15.8. The lowest BCUT2D eigenvalue weighted by molar-refractivity contribution is 0.114. The first-order valence-electron chi connectivity index (χ1n) is 6.88. The number of ether oxygens (including phenoxy) is 1. The molecule has 7 heteroatoms. The van der Waals surface area contributed by atoms with E-state index in [4.69, 9.17) is 22.4 Å². The summed E-state index contributed by atoms with van der Waals surface area (Å²) in [6, 6.07) is 0. The van der Waals surface area contributed by atoms with Gasteiger partial charge < -0.3 is 22.4 Å². The molecule has 0 bridgehead atoms. The molecule has 5 nitrogen and oxygen atoms in total. The van der Waals surface area contributed by atoms with Crippen LogP contribution in [0.5, 0.6) is 0 Å². The van der Waals surface area contributed by atoms with E-state index in [1.54, 1.807) is 21.3 Å². The molecule has 0 aliphatic heterocycles. The van der Waals surface area contributed by atoms with E-state index >= 15 is 0 Å². The van der Waals surface area contributed by atoms with E-state index in [1.165, 1.54) is 0 Å². The standard InChI is InChI=1S/C13H30O5Si2/c1-9-10-17-11-12(2)13(18-19(6,7)8)20(14-3,15-4)16-5/h9-11H2,1-8H3. The fourth-order valence-electron chi connectivity index (χ4n) is 1.68. The number of hydrogen-bond donors (Lipinski definition) is 0. The normalized spacial score (nSPS) is 14.2. The van der Waals surface area contributed by atoms with Gasteiger partial charge in [0.2, 0.25) is 8.32 Å². The number of hydrogen-bond acceptors (Lipinski definition) is 5. The molecule has 0 rings (SSSR count). The molecule has 0 radical (unpaired) electrons. The first-order chi connectivity index (χ1) is 9.26. The molecule has 0 aliphatic carbocycles. The topological polar surface area (TPSA) is 46.2 Å². The lowest BCUT2D eigenvalue weighted by atomic mass is 10.4. The van der Waals surface area contributed by atoms with E-state index in [0.29, 0.717) is 12.0 Å². The zero-order valence-electron chi connectivity index (χ0n) is 14.2. The minimum atomic E-state index is -2.97. The molecule has 120 valence electrons. The maximum Gasteiger partial charge on any atom is 0.571 e. The Bertz CT molecular complexity index is 300. The van der Waals surface area contributed by atoms with Crippen molar-refractivity contribution in [1.82, 2.24) is 0 Å². The Hall–Kier alpha value is -0.186. The molecule has 0 saturated heterocycles. The van der Waals surface area contributed by atoms with E-state index in [-0.39, 0.29) is 0 Å². The van der Waals surface area contributed by atoms with Crippen LogP contribution in [-0.2, 0) is 22.4 Å². The van der Waals surface area contributed by atoms with Crippen LogP contribution in [-0.4, -0.2) is 51.7 Å². The van der Waals surface area contributed by atoms with Crippen molar-refractivity contribution in [1.29, 1.82) is 0 Å². The summed E-state index contributed by atoms with van der Waals surface area (Å²) in [6.45, 7) is 11.6. The molecule has 0 atom stereocenters. The van der Waals surface area contributed by atoms with Crippen LogP contribution in [0.2, 0.25) is 19.6 Å². The second-order valence-corrected chi connectivity index (χ2v) is 12.8. The van der Waals surface area contributed by atoms with Crippen molar-refractivity contribution in [3.63, 3.8) is 0 Å². The van der Waals surface area contributed by atoms with Gasteiger partial charge in [0, 0.05) is 27.9 Å². The Kier molecular flexibility index (Phi) is 8.88. The molecule has 0 N–H and O–H groups in total. The third-order valence-electron chi connectivity index (χ3n) is 2.55. The average molecular weight is 323 g/mol. The van der Waals surface area contributed by atoms with Gasteiger partial charge in [-0.05, 0) is 38.6 Å². The molecule has 0 aliphatic rings. The molecule has 0 aromatic rings. The van der Waals surface area contributed by atoms with Gasteiger partial charge in [-0.2, -0.15) is 0 Å². The van der Waals surface area contributed by atoms with Crippen LogP contribution < -0.4 is 0 Å². The Balaban J connectivity index is 5.39. The second kappa shape index (κ2) is 8.96. The molecule has 0 aromatic carbocycles. The summed E-state index contributed by atoms with van der Waals surface area (Å²) in [5, 5.41) is 0.695. The molecule has 0 spiro atoms. The summed E-state index contributed by atoms with van der Waals surface area (Å²) in [4.78, 5) is 0. The first kappa shape index (κ1) is 19.8. The van der Waals surface area contributed by atoms with Crippen LogP contribution >= 0.6 is 0 Å². The Morgan fingerprint density at radius 1 is 0.950 bits per heavy atom. The minimum absolute atomic E-state index is 0.498. The van der Waals surface area contributed by atoms with Gasteiger partial charge in [-0.25, -0.2) is 0 Å². The van der Waals surface area contributed by atoms with E-state index < -0.39 is 17.1 Å². The average Bonchev–Trinajstić information content (AvgIpc) is 2.39. The van der Waals surface area contributed by atoms with Crippen LogP contribution in [0.3, 0.4) is 0 Å². The van der Waals surface area contributed by atoms with Gasteiger partial charge in [0.1, 0.15) is 0 Å². The Labute approximate surface area is 125 Å². The molecule has 0 unspecified atom stereocenters. The summed E-state index contributed by atoms with van der Waals surface area (Å²) >= 11 is 0. The first-order valence-corrected chi connectivity index (χ1v) is 12.0. The van der Waals surface area contributed by atoms with Crippen molar-refractivity contribution >= 4 is 17.1 Å². The van der Waals surface area contributed by atoms with Gasteiger partial charge in [0.15, 0.2) is 5.38 Å². The maximum atomic E-state index is 6.19. The van der Waals surface area contributed by atoms with Gasteiger partial charge in [-0.3, -0.25) is 0 Å². The maximum absolute atomic E-state index is 6.19. The van der Waals surface area contributed by atoms with E-state index in [0.717, 1.165) is 18.6 Å². The lowest BCUT2D eigenvalue weighted by Gasteiger charge is -2.32. The summed E-state index contributed by atoms with van der Waals surface area (Å²) < 4.78 is 28.4. The highest BCUT2D eigenvalue weighted by Gasteiger charge is 2.48. The van der Waals surface area contributed by atoms with Crippen molar-refractivity contribution in [2.24, 2.45) is 0 Å². The van der Waals surface area contributed by atoms with E-state index in [2.05, 4.69) is 26.6 Å². The SMILES string of the molecule is CCCOCC(C)=C(O[Si](C)(C)C)[Si](OC)(OC)OC. The third kappa shape index (κ3) is 6.07. The van der Waals surface area contributed by atoms with E-state index in [9.17, 15) is 0 Å². The minimum Gasteiger partial charge on any atom is -0.545 e. The fraction of sp³-hybridized carbons (Fsp3) is 0.846. The second-order valence-electron chi connectivity index (χ2n) is 5.55. The van der Waals surface area contributed by atoms with Crippen molar-refractivity contribution in [3.05, 3.63) is 11.0 Å². The molecule has 0 fully saturated rings. The molecule has 0 amide bonds.